The molecule has 112 valence electrons. The van der Waals surface area contributed by atoms with Crippen molar-refractivity contribution in [3.8, 4) is 11.4 Å². The van der Waals surface area contributed by atoms with Gasteiger partial charge in [-0.15, -0.1) is 0 Å². The maximum atomic E-state index is 4.85. The molecule has 0 amide bonds. The van der Waals surface area contributed by atoms with Crippen LogP contribution in [0.25, 0.3) is 22.4 Å². The van der Waals surface area contributed by atoms with Gasteiger partial charge >= 0.3 is 0 Å². The summed E-state index contributed by atoms with van der Waals surface area (Å²) in [6.45, 7) is 0.898. The summed E-state index contributed by atoms with van der Waals surface area (Å²) in [5, 5.41) is 0. The number of imidazole rings is 1. The van der Waals surface area contributed by atoms with E-state index in [9.17, 15) is 0 Å². The predicted octanol–water partition coefficient (Wildman–Crippen LogP) is 4.34. The van der Waals surface area contributed by atoms with Gasteiger partial charge in [0.25, 0.3) is 0 Å². The van der Waals surface area contributed by atoms with Gasteiger partial charge in [-0.05, 0) is 36.2 Å². The normalized spacial score (nSPS) is 11.0. The average molecular weight is 299 g/mol. The summed E-state index contributed by atoms with van der Waals surface area (Å²) in [7, 11) is 0. The van der Waals surface area contributed by atoms with Crippen LogP contribution in [0.5, 0.6) is 0 Å². The summed E-state index contributed by atoms with van der Waals surface area (Å²) < 4.78 is 2.31. The van der Waals surface area contributed by atoms with Crippen molar-refractivity contribution in [3.05, 3.63) is 84.7 Å². The van der Waals surface area contributed by atoms with Crippen LogP contribution < -0.4 is 0 Å². The highest BCUT2D eigenvalue weighted by atomic mass is 15.1. The van der Waals surface area contributed by atoms with Crippen molar-refractivity contribution in [3.63, 3.8) is 0 Å². The highest BCUT2D eigenvalue weighted by molar-refractivity contribution is 5.80. The van der Waals surface area contributed by atoms with Gasteiger partial charge < -0.3 is 4.57 Å². The van der Waals surface area contributed by atoms with Crippen molar-refractivity contribution >= 4 is 11.0 Å². The molecule has 4 rings (SSSR count). The molecule has 3 heteroatoms. The first-order chi connectivity index (χ1) is 11.4. The fourth-order valence-corrected chi connectivity index (χ4v) is 2.90. The highest BCUT2D eigenvalue weighted by Crippen LogP contribution is 2.25. The molecule has 0 spiro atoms. The summed E-state index contributed by atoms with van der Waals surface area (Å²) in [5.74, 6) is 1.03. The fraction of sp³-hybridized carbons (Fsp3) is 0.100. The van der Waals surface area contributed by atoms with E-state index in [4.69, 9.17) is 4.98 Å². The summed E-state index contributed by atoms with van der Waals surface area (Å²) in [4.78, 5) is 8.93. The van der Waals surface area contributed by atoms with Crippen molar-refractivity contribution in [2.45, 2.75) is 13.0 Å². The zero-order valence-electron chi connectivity index (χ0n) is 12.8. The van der Waals surface area contributed by atoms with Gasteiger partial charge in [0.1, 0.15) is 5.82 Å². The maximum absolute atomic E-state index is 4.85. The summed E-state index contributed by atoms with van der Waals surface area (Å²) >= 11 is 0. The van der Waals surface area contributed by atoms with Gasteiger partial charge in [0.15, 0.2) is 0 Å². The number of pyridine rings is 1. The zero-order chi connectivity index (χ0) is 15.5. The Bertz CT molecular complexity index is 911. The minimum Gasteiger partial charge on any atom is -0.324 e. The van der Waals surface area contributed by atoms with E-state index >= 15 is 0 Å². The lowest BCUT2D eigenvalue weighted by atomic mass is 10.2. The third-order valence-electron chi connectivity index (χ3n) is 4.06. The molecule has 0 fully saturated rings. The molecule has 0 bridgehead atoms. The number of aryl methyl sites for hydroxylation is 2. The molecule has 2 aromatic heterocycles. The molecule has 0 unspecified atom stereocenters. The zero-order valence-corrected chi connectivity index (χ0v) is 12.8. The molecule has 0 aliphatic heterocycles. The second-order valence-electron chi connectivity index (χ2n) is 5.55. The maximum Gasteiger partial charge on any atom is 0.141 e. The van der Waals surface area contributed by atoms with E-state index in [1.54, 1.807) is 0 Å². The van der Waals surface area contributed by atoms with Crippen molar-refractivity contribution < 1.29 is 0 Å². The molecule has 2 heterocycles. The summed E-state index contributed by atoms with van der Waals surface area (Å²) in [6.07, 6.45) is 4.65. The third-order valence-corrected chi connectivity index (χ3v) is 4.06. The molecule has 4 aromatic rings. The van der Waals surface area contributed by atoms with Crippen LogP contribution in [0, 0.1) is 0 Å². The van der Waals surface area contributed by atoms with Gasteiger partial charge in [-0.2, -0.15) is 0 Å². The number of fused-ring (bicyclic) bond motifs is 1. The third kappa shape index (κ3) is 2.73. The lowest BCUT2D eigenvalue weighted by Crippen LogP contribution is -2.03. The van der Waals surface area contributed by atoms with Gasteiger partial charge in [0.2, 0.25) is 0 Å². The Balaban J connectivity index is 1.77. The van der Waals surface area contributed by atoms with E-state index in [1.807, 2.05) is 24.5 Å². The van der Waals surface area contributed by atoms with E-state index in [2.05, 4.69) is 64.1 Å². The van der Waals surface area contributed by atoms with Crippen LogP contribution >= 0.6 is 0 Å². The molecule has 0 aliphatic rings. The number of rotatable bonds is 4. The molecule has 0 saturated carbocycles. The number of hydrogen-bond acceptors (Lipinski definition) is 2. The Morgan fingerprint density at radius 2 is 1.52 bits per heavy atom. The molecule has 23 heavy (non-hydrogen) atoms. The molecule has 0 radical (unpaired) electrons. The van der Waals surface area contributed by atoms with Crippen LogP contribution in [-0.2, 0) is 13.0 Å². The second-order valence-corrected chi connectivity index (χ2v) is 5.55. The van der Waals surface area contributed by atoms with Crippen molar-refractivity contribution in [2.24, 2.45) is 0 Å². The van der Waals surface area contributed by atoms with Crippen LogP contribution in [-0.4, -0.2) is 14.5 Å². The molecule has 0 N–H and O–H groups in total. The predicted molar refractivity (Wildman–Crippen MR) is 93.1 cm³/mol. The molecular formula is C20H17N3. The van der Waals surface area contributed by atoms with Crippen LogP contribution in [0.2, 0.25) is 0 Å². The van der Waals surface area contributed by atoms with Gasteiger partial charge in [0, 0.05) is 24.5 Å². The quantitative estimate of drug-likeness (QED) is 0.561. The Morgan fingerprint density at radius 3 is 2.35 bits per heavy atom. The topological polar surface area (TPSA) is 30.7 Å². The Labute approximate surface area is 135 Å². The highest BCUT2D eigenvalue weighted by Gasteiger charge is 2.11. The summed E-state index contributed by atoms with van der Waals surface area (Å²) in [6, 6.07) is 22.8. The van der Waals surface area contributed by atoms with Crippen molar-refractivity contribution in [1.29, 1.82) is 0 Å². The average Bonchev–Trinajstić information content (AvgIpc) is 3.00. The van der Waals surface area contributed by atoms with E-state index in [0.717, 1.165) is 29.9 Å². The summed E-state index contributed by atoms with van der Waals surface area (Å²) in [5.41, 5.74) is 4.66. The smallest absolute Gasteiger partial charge is 0.141 e. The fourth-order valence-electron chi connectivity index (χ4n) is 2.90. The Hall–Kier alpha value is -2.94. The molecule has 2 aromatic carbocycles. The van der Waals surface area contributed by atoms with E-state index in [0.29, 0.717) is 0 Å². The van der Waals surface area contributed by atoms with Crippen LogP contribution in [0.4, 0.5) is 0 Å². The number of nitrogens with zero attached hydrogens (tertiary/aromatic N) is 3. The number of hydrogen-bond donors (Lipinski definition) is 0. The van der Waals surface area contributed by atoms with Gasteiger partial charge in [-0.25, -0.2) is 4.98 Å². The second kappa shape index (κ2) is 6.05. The Kier molecular flexibility index (Phi) is 3.60. The lowest BCUT2D eigenvalue weighted by molar-refractivity contribution is 0.722. The van der Waals surface area contributed by atoms with Crippen molar-refractivity contribution in [1.82, 2.24) is 14.5 Å². The Morgan fingerprint density at radius 1 is 0.783 bits per heavy atom. The molecular weight excluding hydrogens is 282 g/mol. The van der Waals surface area contributed by atoms with Crippen LogP contribution in [0.15, 0.2) is 79.1 Å². The monoisotopic (exact) mass is 299 g/mol. The van der Waals surface area contributed by atoms with Crippen LogP contribution in [0.3, 0.4) is 0 Å². The molecule has 0 atom stereocenters. The first kappa shape index (κ1) is 13.7. The number of para-hydroxylation sites is 2. The van der Waals surface area contributed by atoms with Gasteiger partial charge in [0.05, 0.1) is 11.0 Å². The van der Waals surface area contributed by atoms with Gasteiger partial charge in [-0.1, -0.05) is 42.5 Å². The van der Waals surface area contributed by atoms with E-state index in [1.165, 1.54) is 11.1 Å². The minimum atomic E-state index is 0.898. The van der Waals surface area contributed by atoms with Crippen molar-refractivity contribution in [2.75, 3.05) is 0 Å². The minimum absolute atomic E-state index is 0.898. The lowest BCUT2D eigenvalue weighted by Gasteiger charge is -2.09. The largest absolute Gasteiger partial charge is 0.324 e. The first-order valence-corrected chi connectivity index (χ1v) is 7.81. The molecule has 0 saturated heterocycles. The first-order valence-electron chi connectivity index (χ1n) is 7.81. The van der Waals surface area contributed by atoms with E-state index < -0.39 is 0 Å². The van der Waals surface area contributed by atoms with Crippen LogP contribution in [0.1, 0.15) is 5.56 Å². The molecule has 3 nitrogen and oxygen atoms in total. The standard InChI is InChI=1S/C20H17N3/c1-2-6-17(7-3-1)20-22-18-8-4-5-9-19(18)23(20)15-12-16-10-13-21-14-11-16/h1-11,13-14H,12,15H2. The number of benzene rings is 2. The SMILES string of the molecule is c1ccc(-c2nc3ccccc3n2CCc2ccncc2)cc1. The van der Waals surface area contributed by atoms with E-state index in [-0.39, 0.29) is 0 Å². The van der Waals surface area contributed by atoms with Gasteiger partial charge in [-0.3, -0.25) is 4.98 Å². The number of aromatic nitrogens is 3. The molecule has 0 aliphatic carbocycles.